The van der Waals surface area contributed by atoms with Crippen molar-refractivity contribution in [1.29, 1.82) is 0 Å². The maximum atomic E-state index is 12.7. The molecule has 0 unspecified atom stereocenters. The van der Waals surface area contributed by atoms with E-state index in [9.17, 15) is 21.6 Å². The van der Waals surface area contributed by atoms with E-state index in [1.807, 2.05) is 25.1 Å². The second-order valence-electron chi connectivity index (χ2n) is 8.33. The average molecular weight is 495 g/mol. The fraction of sp³-hybridized carbons (Fsp3) is 0.409. The van der Waals surface area contributed by atoms with Gasteiger partial charge in [0.15, 0.2) is 0 Å². The van der Waals surface area contributed by atoms with Gasteiger partial charge in [-0.15, -0.1) is 0 Å². The van der Waals surface area contributed by atoms with E-state index in [0.29, 0.717) is 31.9 Å². The van der Waals surface area contributed by atoms with Gasteiger partial charge in [0, 0.05) is 43.6 Å². The number of carbonyl (C=O) groups is 1. The predicted molar refractivity (Wildman–Crippen MR) is 129 cm³/mol. The Morgan fingerprint density at radius 1 is 0.970 bits per heavy atom. The Morgan fingerprint density at radius 3 is 2.18 bits per heavy atom. The SMILES string of the molecule is Cc1cccc(N2CCN(S(=O)(=O)CC(=O)Nc3ccc(S(=O)(=O)NC(C)C)cc3)CC2)c1. The summed E-state index contributed by atoms with van der Waals surface area (Å²) < 4.78 is 53.6. The van der Waals surface area contributed by atoms with Crippen LogP contribution in [0.3, 0.4) is 0 Å². The molecule has 1 amide bonds. The summed E-state index contributed by atoms with van der Waals surface area (Å²) >= 11 is 0. The van der Waals surface area contributed by atoms with E-state index in [2.05, 4.69) is 21.0 Å². The van der Waals surface area contributed by atoms with E-state index in [1.165, 1.54) is 28.6 Å². The molecule has 33 heavy (non-hydrogen) atoms. The van der Waals surface area contributed by atoms with Gasteiger partial charge >= 0.3 is 0 Å². The molecule has 0 bridgehead atoms. The summed E-state index contributed by atoms with van der Waals surface area (Å²) in [5, 5.41) is 2.53. The highest BCUT2D eigenvalue weighted by Crippen LogP contribution is 2.19. The van der Waals surface area contributed by atoms with Gasteiger partial charge in [-0.1, -0.05) is 12.1 Å². The lowest BCUT2D eigenvalue weighted by atomic mass is 10.2. The van der Waals surface area contributed by atoms with Gasteiger partial charge in [-0.3, -0.25) is 4.79 Å². The number of sulfonamides is 2. The Hall–Kier alpha value is -2.47. The molecule has 1 aliphatic rings. The zero-order valence-electron chi connectivity index (χ0n) is 19.0. The number of carbonyl (C=O) groups excluding carboxylic acids is 1. The van der Waals surface area contributed by atoms with Crippen molar-refractivity contribution < 1.29 is 21.6 Å². The maximum absolute atomic E-state index is 12.7. The third-order valence-electron chi connectivity index (χ3n) is 5.15. The number of nitrogens with one attached hydrogen (secondary N) is 2. The zero-order valence-corrected chi connectivity index (χ0v) is 20.6. The second-order valence-corrected chi connectivity index (χ2v) is 12.0. The van der Waals surface area contributed by atoms with Crippen molar-refractivity contribution in [2.75, 3.05) is 42.1 Å². The topological polar surface area (TPSA) is 116 Å². The highest BCUT2D eigenvalue weighted by molar-refractivity contribution is 7.90. The van der Waals surface area contributed by atoms with Crippen molar-refractivity contribution in [2.45, 2.75) is 31.7 Å². The fourth-order valence-electron chi connectivity index (χ4n) is 3.60. The van der Waals surface area contributed by atoms with Crippen molar-refractivity contribution in [3.63, 3.8) is 0 Å². The lowest BCUT2D eigenvalue weighted by molar-refractivity contribution is -0.113. The first-order valence-electron chi connectivity index (χ1n) is 10.7. The lowest BCUT2D eigenvalue weighted by Gasteiger charge is -2.35. The van der Waals surface area contributed by atoms with Crippen molar-refractivity contribution >= 4 is 37.3 Å². The molecule has 0 radical (unpaired) electrons. The summed E-state index contributed by atoms with van der Waals surface area (Å²) in [6.45, 7) is 7.15. The van der Waals surface area contributed by atoms with Crippen LogP contribution >= 0.6 is 0 Å². The minimum atomic E-state index is -3.77. The summed E-state index contributed by atoms with van der Waals surface area (Å²) in [7, 11) is -7.42. The van der Waals surface area contributed by atoms with Crippen LogP contribution in [0.5, 0.6) is 0 Å². The number of nitrogens with zero attached hydrogens (tertiary/aromatic N) is 2. The van der Waals surface area contributed by atoms with Crippen molar-refractivity contribution in [2.24, 2.45) is 0 Å². The molecule has 3 rings (SSSR count). The smallest absolute Gasteiger partial charge is 0.241 e. The quantitative estimate of drug-likeness (QED) is 0.578. The molecule has 1 fully saturated rings. The minimum Gasteiger partial charge on any atom is -0.369 e. The van der Waals surface area contributed by atoms with E-state index in [0.717, 1.165) is 11.3 Å². The number of anilines is 2. The number of rotatable bonds is 8. The van der Waals surface area contributed by atoms with Gasteiger partial charge in [0.1, 0.15) is 5.75 Å². The number of hydrogen-bond acceptors (Lipinski definition) is 6. The first-order valence-corrected chi connectivity index (χ1v) is 13.8. The van der Waals surface area contributed by atoms with E-state index < -0.39 is 31.7 Å². The number of hydrogen-bond donors (Lipinski definition) is 2. The molecule has 9 nitrogen and oxygen atoms in total. The third kappa shape index (κ3) is 6.76. The van der Waals surface area contributed by atoms with Crippen LogP contribution in [0.15, 0.2) is 53.4 Å². The van der Waals surface area contributed by atoms with E-state index in [1.54, 1.807) is 13.8 Å². The lowest BCUT2D eigenvalue weighted by Crippen LogP contribution is -2.50. The van der Waals surface area contributed by atoms with Crippen LogP contribution < -0.4 is 14.9 Å². The normalized spacial score (nSPS) is 15.6. The standard InChI is InChI=1S/C22H30N4O5S2/c1-17(2)24-33(30,31)21-9-7-19(8-10-21)23-22(27)16-32(28,29)26-13-11-25(12-14-26)20-6-4-5-18(3)15-20/h4-10,15,17,24H,11-14,16H2,1-3H3,(H,23,27). The summed E-state index contributed by atoms with van der Waals surface area (Å²) in [4.78, 5) is 14.6. The van der Waals surface area contributed by atoms with Crippen LogP contribution in [0, 0.1) is 6.92 Å². The Bertz CT molecular complexity index is 1190. The van der Waals surface area contributed by atoms with E-state index in [-0.39, 0.29) is 10.9 Å². The fourth-order valence-corrected chi connectivity index (χ4v) is 6.16. The van der Waals surface area contributed by atoms with Gasteiger partial charge in [-0.25, -0.2) is 21.6 Å². The van der Waals surface area contributed by atoms with Gasteiger partial charge in [-0.05, 0) is 62.7 Å². The predicted octanol–water partition coefficient (Wildman–Crippen LogP) is 1.77. The van der Waals surface area contributed by atoms with Crippen LogP contribution in [0.4, 0.5) is 11.4 Å². The summed E-state index contributed by atoms with van der Waals surface area (Å²) in [6.07, 6.45) is 0. The van der Waals surface area contributed by atoms with E-state index >= 15 is 0 Å². The zero-order chi connectivity index (χ0) is 24.2. The van der Waals surface area contributed by atoms with Gasteiger partial charge in [0.2, 0.25) is 26.0 Å². The highest BCUT2D eigenvalue weighted by atomic mass is 32.2. The molecule has 0 saturated carbocycles. The molecule has 2 N–H and O–H groups in total. The Morgan fingerprint density at radius 2 is 1.61 bits per heavy atom. The number of benzene rings is 2. The molecule has 1 saturated heterocycles. The molecule has 0 spiro atoms. The third-order valence-corrected chi connectivity index (χ3v) is 8.60. The monoisotopic (exact) mass is 494 g/mol. The highest BCUT2D eigenvalue weighted by Gasteiger charge is 2.29. The Labute approximate surface area is 195 Å². The number of aryl methyl sites for hydroxylation is 1. The van der Waals surface area contributed by atoms with Crippen molar-refractivity contribution in [1.82, 2.24) is 9.03 Å². The molecule has 2 aromatic rings. The molecule has 0 aliphatic carbocycles. The van der Waals surface area contributed by atoms with Crippen molar-refractivity contribution in [3.8, 4) is 0 Å². The summed E-state index contributed by atoms with van der Waals surface area (Å²) in [6, 6.07) is 13.4. The molecule has 0 aromatic heterocycles. The molecule has 180 valence electrons. The van der Waals surface area contributed by atoms with Gasteiger partial charge in [-0.2, -0.15) is 4.31 Å². The first-order chi connectivity index (χ1) is 15.5. The molecule has 1 heterocycles. The molecular formula is C22H30N4O5S2. The molecule has 2 aromatic carbocycles. The summed E-state index contributed by atoms with van der Waals surface area (Å²) in [5.74, 6) is -1.35. The van der Waals surface area contributed by atoms with Gasteiger partial charge < -0.3 is 10.2 Å². The van der Waals surface area contributed by atoms with Crippen LogP contribution in [0.25, 0.3) is 0 Å². The molecular weight excluding hydrogens is 464 g/mol. The largest absolute Gasteiger partial charge is 0.369 e. The summed E-state index contributed by atoms with van der Waals surface area (Å²) in [5.41, 5.74) is 2.52. The van der Waals surface area contributed by atoms with Crippen LogP contribution in [0.2, 0.25) is 0 Å². The van der Waals surface area contributed by atoms with Crippen LogP contribution in [-0.4, -0.2) is 65.0 Å². The van der Waals surface area contributed by atoms with Crippen LogP contribution in [-0.2, 0) is 24.8 Å². The first kappa shape index (κ1) is 25.2. The minimum absolute atomic E-state index is 0.0632. The Balaban J connectivity index is 1.56. The van der Waals surface area contributed by atoms with Crippen molar-refractivity contribution in [3.05, 3.63) is 54.1 Å². The molecule has 11 heteroatoms. The maximum Gasteiger partial charge on any atom is 0.241 e. The Kier molecular flexibility index (Phi) is 7.78. The number of amides is 1. The average Bonchev–Trinajstić information content (AvgIpc) is 2.73. The van der Waals surface area contributed by atoms with Gasteiger partial charge in [0.05, 0.1) is 4.90 Å². The van der Waals surface area contributed by atoms with E-state index in [4.69, 9.17) is 0 Å². The molecule has 0 atom stereocenters. The molecule has 1 aliphatic heterocycles. The van der Waals surface area contributed by atoms with Crippen LogP contribution in [0.1, 0.15) is 19.4 Å². The number of piperazine rings is 1. The van der Waals surface area contributed by atoms with Gasteiger partial charge in [0.25, 0.3) is 0 Å². The second kappa shape index (κ2) is 10.2.